The first kappa shape index (κ1) is 18.5. The second-order valence-electron chi connectivity index (χ2n) is 6.54. The van der Waals surface area contributed by atoms with Crippen molar-refractivity contribution in [3.05, 3.63) is 0 Å². The van der Waals surface area contributed by atoms with Gasteiger partial charge in [0.25, 0.3) is 0 Å². The fraction of sp³-hybridized carbons (Fsp3) is 0.824. The van der Waals surface area contributed by atoms with Crippen LogP contribution in [-0.4, -0.2) is 55.5 Å². The molecule has 0 aromatic heterocycles. The summed E-state index contributed by atoms with van der Waals surface area (Å²) in [5.41, 5.74) is 0. The summed E-state index contributed by atoms with van der Waals surface area (Å²) in [5, 5.41) is 8.92. The van der Waals surface area contributed by atoms with Gasteiger partial charge in [0, 0.05) is 26.2 Å². The lowest BCUT2D eigenvalue weighted by atomic mass is 9.86. The van der Waals surface area contributed by atoms with Crippen molar-refractivity contribution in [3.63, 3.8) is 0 Å². The molecule has 1 aliphatic heterocycles. The van der Waals surface area contributed by atoms with Gasteiger partial charge in [-0.05, 0) is 25.7 Å². The number of hydrogen-bond acceptors (Lipinski definition) is 3. The molecule has 2 rings (SSSR count). The van der Waals surface area contributed by atoms with Crippen LogP contribution in [0.5, 0.6) is 0 Å². The molecule has 0 aromatic rings. The van der Waals surface area contributed by atoms with E-state index >= 15 is 0 Å². The fourth-order valence-electron chi connectivity index (χ4n) is 3.36. The van der Waals surface area contributed by atoms with E-state index in [1.54, 1.807) is 0 Å². The molecule has 0 aromatic carbocycles. The molecule has 2 fully saturated rings. The molecular weight excluding hydrogens is 306 g/mol. The van der Waals surface area contributed by atoms with Crippen LogP contribution in [0.25, 0.3) is 0 Å². The molecule has 7 nitrogen and oxygen atoms in total. The minimum Gasteiger partial charge on any atom is -0.357 e. The number of aliphatic imine (C=N–C) groups is 1. The number of nitrogens with zero attached hydrogens (tertiary/aromatic N) is 2. The van der Waals surface area contributed by atoms with Gasteiger partial charge in [-0.2, -0.15) is 0 Å². The van der Waals surface area contributed by atoms with Gasteiger partial charge in [0.05, 0.1) is 6.54 Å². The largest absolute Gasteiger partial charge is 0.357 e. The van der Waals surface area contributed by atoms with Crippen LogP contribution < -0.4 is 16.0 Å². The number of urea groups is 1. The van der Waals surface area contributed by atoms with Gasteiger partial charge in [0.2, 0.25) is 5.91 Å². The molecule has 0 bridgehead atoms. The Morgan fingerprint density at radius 1 is 1.25 bits per heavy atom. The lowest BCUT2D eigenvalue weighted by molar-refractivity contribution is -0.124. The molecular formula is C17H31N5O2. The maximum Gasteiger partial charge on any atom is 0.324 e. The third-order valence-electron chi connectivity index (χ3n) is 4.67. The van der Waals surface area contributed by atoms with Gasteiger partial charge in [-0.1, -0.05) is 32.1 Å². The van der Waals surface area contributed by atoms with Crippen molar-refractivity contribution in [2.75, 3.05) is 32.7 Å². The van der Waals surface area contributed by atoms with E-state index in [0.29, 0.717) is 13.1 Å². The zero-order chi connectivity index (χ0) is 17.2. The average Bonchev–Trinajstić information content (AvgIpc) is 2.91. The van der Waals surface area contributed by atoms with Gasteiger partial charge in [0.1, 0.15) is 0 Å². The van der Waals surface area contributed by atoms with Crippen molar-refractivity contribution < 1.29 is 9.59 Å². The Kier molecular flexibility index (Phi) is 7.85. The summed E-state index contributed by atoms with van der Waals surface area (Å²) in [6.45, 7) is 4.60. The zero-order valence-electron chi connectivity index (χ0n) is 14.8. The van der Waals surface area contributed by atoms with Crippen molar-refractivity contribution in [3.8, 4) is 0 Å². The third-order valence-corrected chi connectivity index (χ3v) is 4.67. The van der Waals surface area contributed by atoms with Crippen molar-refractivity contribution in [1.82, 2.24) is 20.9 Å². The van der Waals surface area contributed by atoms with E-state index in [1.165, 1.54) is 43.4 Å². The molecule has 7 heteroatoms. The van der Waals surface area contributed by atoms with Gasteiger partial charge in [0.15, 0.2) is 5.96 Å². The highest BCUT2D eigenvalue weighted by atomic mass is 16.2. The Bertz CT molecular complexity index is 430. The molecule has 1 aliphatic carbocycles. The highest BCUT2D eigenvalue weighted by Gasteiger charge is 2.27. The van der Waals surface area contributed by atoms with Gasteiger partial charge in [-0.15, -0.1) is 0 Å². The van der Waals surface area contributed by atoms with Gasteiger partial charge in [-0.3, -0.25) is 14.7 Å². The molecule has 24 heavy (non-hydrogen) atoms. The maximum atomic E-state index is 11.5. The Morgan fingerprint density at radius 3 is 2.71 bits per heavy atom. The summed E-state index contributed by atoms with van der Waals surface area (Å²) in [7, 11) is 0. The second-order valence-corrected chi connectivity index (χ2v) is 6.54. The quantitative estimate of drug-likeness (QED) is 0.271. The normalized spacial score (nSPS) is 19.5. The molecule has 0 atom stereocenters. The smallest absolute Gasteiger partial charge is 0.324 e. The lowest BCUT2D eigenvalue weighted by Crippen LogP contribution is -2.43. The van der Waals surface area contributed by atoms with Crippen LogP contribution >= 0.6 is 0 Å². The van der Waals surface area contributed by atoms with Gasteiger partial charge < -0.3 is 16.0 Å². The first-order chi connectivity index (χ1) is 11.7. The van der Waals surface area contributed by atoms with E-state index in [2.05, 4.69) is 20.9 Å². The summed E-state index contributed by atoms with van der Waals surface area (Å²) in [6.07, 6.45) is 9.34. The average molecular weight is 337 g/mol. The predicted octanol–water partition coefficient (Wildman–Crippen LogP) is 1.45. The van der Waals surface area contributed by atoms with Crippen molar-refractivity contribution in [2.45, 2.75) is 51.9 Å². The Balaban J connectivity index is 1.66. The number of amides is 3. The van der Waals surface area contributed by atoms with Gasteiger partial charge >= 0.3 is 6.03 Å². The van der Waals surface area contributed by atoms with Crippen LogP contribution in [-0.2, 0) is 4.79 Å². The molecule has 136 valence electrons. The van der Waals surface area contributed by atoms with Crippen molar-refractivity contribution in [2.24, 2.45) is 10.9 Å². The first-order valence-electron chi connectivity index (χ1n) is 9.31. The predicted molar refractivity (Wildman–Crippen MR) is 94.9 cm³/mol. The summed E-state index contributed by atoms with van der Waals surface area (Å²) >= 11 is 0. The van der Waals surface area contributed by atoms with E-state index in [4.69, 9.17) is 0 Å². The van der Waals surface area contributed by atoms with Gasteiger partial charge in [-0.25, -0.2) is 4.79 Å². The molecule has 1 heterocycles. The summed E-state index contributed by atoms with van der Waals surface area (Å²) < 4.78 is 0. The Labute approximate surface area is 144 Å². The van der Waals surface area contributed by atoms with E-state index in [0.717, 1.165) is 31.4 Å². The molecule has 0 radical (unpaired) electrons. The monoisotopic (exact) mass is 337 g/mol. The minimum absolute atomic E-state index is 0.105. The summed E-state index contributed by atoms with van der Waals surface area (Å²) in [4.78, 5) is 28.8. The van der Waals surface area contributed by atoms with E-state index in [1.807, 2.05) is 6.92 Å². The van der Waals surface area contributed by atoms with Crippen LogP contribution in [0.2, 0.25) is 0 Å². The minimum atomic E-state index is -0.309. The molecule has 0 spiro atoms. The van der Waals surface area contributed by atoms with Crippen LogP contribution in [0.15, 0.2) is 4.99 Å². The molecule has 3 amide bonds. The lowest BCUT2D eigenvalue weighted by Gasteiger charge is -2.21. The number of guanidine groups is 1. The Hall–Kier alpha value is -1.79. The maximum absolute atomic E-state index is 11.5. The highest BCUT2D eigenvalue weighted by Crippen LogP contribution is 2.27. The first-order valence-corrected chi connectivity index (χ1v) is 9.31. The summed E-state index contributed by atoms with van der Waals surface area (Å²) in [6, 6.07) is -0.309. The molecule has 3 N–H and O–H groups in total. The highest BCUT2D eigenvalue weighted by molar-refractivity contribution is 6.01. The van der Waals surface area contributed by atoms with Crippen molar-refractivity contribution >= 4 is 17.9 Å². The Morgan fingerprint density at radius 2 is 2.04 bits per heavy atom. The van der Waals surface area contributed by atoms with Crippen LogP contribution in [0, 0.1) is 5.92 Å². The third kappa shape index (κ3) is 6.02. The number of imide groups is 1. The topological polar surface area (TPSA) is 85.8 Å². The summed E-state index contributed by atoms with van der Waals surface area (Å²) in [5.74, 6) is 1.48. The van der Waals surface area contributed by atoms with Crippen LogP contribution in [0.1, 0.15) is 51.9 Å². The number of hydrogen-bond donors (Lipinski definition) is 3. The number of rotatable bonds is 8. The number of carbonyl (C=O) groups excluding carboxylic acids is 2. The molecule has 1 saturated carbocycles. The fourth-order valence-corrected chi connectivity index (χ4v) is 3.36. The van der Waals surface area contributed by atoms with Crippen molar-refractivity contribution in [1.29, 1.82) is 0 Å². The van der Waals surface area contributed by atoms with Crippen LogP contribution in [0.3, 0.4) is 0 Å². The van der Waals surface area contributed by atoms with Crippen LogP contribution in [0.4, 0.5) is 4.79 Å². The van der Waals surface area contributed by atoms with E-state index in [9.17, 15) is 9.59 Å². The zero-order valence-corrected chi connectivity index (χ0v) is 14.8. The van der Waals surface area contributed by atoms with E-state index < -0.39 is 0 Å². The second kappa shape index (κ2) is 10.2. The molecule has 1 saturated heterocycles. The number of nitrogens with one attached hydrogen (secondary N) is 3. The van der Waals surface area contributed by atoms with E-state index in [-0.39, 0.29) is 18.5 Å². The number of carbonyl (C=O) groups is 2. The molecule has 2 aliphatic rings. The standard InChI is InChI=1S/C17H31N5O2/c1-2-18-16(19-10-6-9-14-7-4-3-5-8-14)20-11-12-22-15(23)13-21-17(22)24/h14H,2-13H2,1H3,(H,21,24)(H2,18,19,20). The SMILES string of the molecule is CCNC(=NCCCC1CCCCC1)NCCN1C(=O)CNC1=O. The molecule has 0 unspecified atom stereocenters.